The highest BCUT2D eigenvalue weighted by Gasteiger charge is 2.32. The summed E-state index contributed by atoms with van der Waals surface area (Å²) in [5.74, 6) is -1.76. The van der Waals surface area contributed by atoms with E-state index in [1.54, 1.807) is 0 Å². The van der Waals surface area contributed by atoms with E-state index in [4.69, 9.17) is 39.9 Å². The number of rotatable bonds is 1. The van der Waals surface area contributed by atoms with Crippen LogP contribution < -0.4 is 0 Å². The van der Waals surface area contributed by atoms with Crippen molar-refractivity contribution in [1.29, 1.82) is 0 Å². The van der Waals surface area contributed by atoms with E-state index < -0.39 is 15.3 Å². The maximum atomic E-state index is 10.4. The van der Waals surface area contributed by atoms with Crippen molar-refractivity contribution in [2.24, 2.45) is 0 Å². The molecule has 0 saturated heterocycles. The number of hydrogen-bond donors (Lipinski definition) is 1. The van der Waals surface area contributed by atoms with Crippen molar-refractivity contribution in [1.82, 2.24) is 0 Å². The Morgan fingerprint density at radius 1 is 1.44 bits per heavy atom. The highest BCUT2D eigenvalue weighted by Crippen LogP contribution is 2.28. The molecule has 0 radical (unpaired) electrons. The fraction of sp³-hybridized carbons (Fsp3) is 0.250. The van der Waals surface area contributed by atoms with Gasteiger partial charge in [0.2, 0.25) is 5.78 Å². The highest BCUT2D eigenvalue weighted by atomic mass is 35.6. The molecular formula is C4H3Cl3O2. The van der Waals surface area contributed by atoms with Gasteiger partial charge in [0.15, 0.2) is 5.76 Å². The Kier molecular flexibility index (Phi) is 2.80. The van der Waals surface area contributed by atoms with E-state index >= 15 is 0 Å². The number of ketones is 1. The molecule has 0 amide bonds. The van der Waals surface area contributed by atoms with Crippen LogP contribution in [0.1, 0.15) is 0 Å². The number of halogens is 3. The monoisotopic (exact) mass is 188 g/mol. The maximum Gasteiger partial charge on any atom is 0.256 e. The Labute approximate surface area is 67.0 Å². The van der Waals surface area contributed by atoms with Gasteiger partial charge in [-0.05, 0) is 0 Å². The molecule has 0 aromatic heterocycles. The number of allylic oxidation sites excluding steroid dienone is 1. The van der Waals surface area contributed by atoms with E-state index in [1.807, 2.05) is 0 Å². The summed E-state index contributed by atoms with van der Waals surface area (Å²) in [5, 5.41) is 8.36. The average molecular weight is 189 g/mol. The van der Waals surface area contributed by atoms with E-state index in [0.29, 0.717) is 0 Å². The third-order valence-corrected chi connectivity index (χ3v) is 1.03. The summed E-state index contributed by atoms with van der Waals surface area (Å²) in [6, 6.07) is 0. The molecule has 0 aromatic rings. The third-order valence-electron chi connectivity index (χ3n) is 0.520. The lowest BCUT2D eigenvalue weighted by Gasteiger charge is -2.05. The number of carbonyl (C=O) groups is 1. The van der Waals surface area contributed by atoms with E-state index in [1.165, 1.54) is 0 Å². The standard InChI is InChI=1S/C4H3Cl3O2/c1-2(8)3(9)4(5,6)7/h8H,1H2. The van der Waals surface area contributed by atoms with Gasteiger partial charge in [-0.25, -0.2) is 0 Å². The number of alkyl halides is 3. The SMILES string of the molecule is C=C(O)C(=O)C(Cl)(Cl)Cl. The first-order chi connectivity index (χ1) is 3.85. The van der Waals surface area contributed by atoms with Gasteiger partial charge in [-0.15, -0.1) is 0 Å². The fourth-order valence-corrected chi connectivity index (χ4v) is 0.491. The maximum absolute atomic E-state index is 10.4. The molecule has 2 nitrogen and oxygen atoms in total. The molecule has 0 heterocycles. The predicted molar refractivity (Wildman–Crippen MR) is 37.1 cm³/mol. The first-order valence-electron chi connectivity index (χ1n) is 1.85. The van der Waals surface area contributed by atoms with Crippen LogP contribution in [-0.2, 0) is 4.79 Å². The fourth-order valence-electron chi connectivity index (χ4n) is 0.164. The summed E-state index contributed by atoms with van der Waals surface area (Å²) in [4.78, 5) is 10.4. The molecule has 0 aliphatic rings. The predicted octanol–water partition coefficient (Wildman–Crippen LogP) is 2.00. The zero-order valence-corrected chi connectivity index (χ0v) is 6.46. The second-order valence-corrected chi connectivity index (χ2v) is 3.55. The van der Waals surface area contributed by atoms with Gasteiger partial charge in [-0.2, -0.15) is 0 Å². The van der Waals surface area contributed by atoms with Gasteiger partial charge in [-0.3, -0.25) is 4.79 Å². The van der Waals surface area contributed by atoms with Gasteiger partial charge in [-0.1, -0.05) is 41.4 Å². The normalized spacial score (nSPS) is 11.0. The average Bonchev–Trinajstić information content (AvgIpc) is 1.62. The van der Waals surface area contributed by atoms with Crippen LogP contribution in [0.2, 0.25) is 0 Å². The number of Topliss-reactive ketones (excluding diaryl/α,β-unsaturated/α-hetero) is 1. The van der Waals surface area contributed by atoms with Crippen LogP contribution in [0.3, 0.4) is 0 Å². The van der Waals surface area contributed by atoms with Crippen LogP contribution in [-0.4, -0.2) is 14.7 Å². The van der Waals surface area contributed by atoms with Crippen molar-refractivity contribution in [2.45, 2.75) is 3.79 Å². The first-order valence-corrected chi connectivity index (χ1v) is 2.98. The Morgan fingerprint density at radius 3 is 1.78 bits per heavy atom. The Balaban J connectivity index is 4.23. The molecule has 0 unspecified atom stereocenters. The van der Waals surface area contributed by atoms with Crippen molar-refractivity contribution < 1.29 is 9.90 Å². The Morgan fingerprint density at radius 2 is 1.78 bits per heavy atom. The lowest BCUT2D eigenvalue weighted by molar-refractivity contribution is -0.117. The summed E-state index contributed by atoms with van der Waals surface area (Å²) in [7, 11) is 0. The molecule has 0 saturated carbocycles. The van der Waals surface area contributed by atoms with Crippen molar-refractivity contribution in [3.63, 3.8) is 0 Å². The van der Waals surface area contributed by atoms with E-state index in [9.17, 15) is 4.79 Å². The Bertz CT molecular complexity index is 146. The van der Waals surface area contributed by atoms with Crippen LogP contribution in [0.4, 0.5) is 0 Å². The molecular weight excluding hydrogens is 186 g/mol. The number of aliphatic hydroxyl groups is 1. The summed E-state index contributed by atoms with van der Waals surface area (Å²) >= 11 is 15.1. The van der Waals surface area contributed by atoms with E-state index in [-0.39, 0.29) is 0 Å². The summed E-state index contributed by atoms with van der Waals surface area (Å²) in [6.45, 7) is 2.87. The quantitative estimate of drug-likeness (QED) is 0.389. The number of hydrogen-bond acceptors (Lipinski definition) is 2. The lowest BCUT2D eigenvalue weighted by Crippen LogP contribution is -2.19. The number of carbonyl (C=O) groups excluding carboxylic acids is 1. The largest absolute Gasteiger partial charge is 0.505 e. The van der Waals surface area contributed by atoms with Crippen molar-refractivity contribution in [3.05, 3.63) is 12.3 Å². The van der Waals surface area contributed by atoms with Gasteiger partial charge in [0.1, 0.15) is 0 Å². The molecule has 52 valence electrons. The van der Waals surface area contributed by atoms with Crippen LogP contribution >= 0.6 is 34.8 Å². The molecule has 0 rings (SSSR count). The highest BCUT2D eigenvalue weighted by molar-refractivity contribution is 6.77. The van der Waals surface area contributed by atoms with Crippen LogP contribution in [0.25, 0.3) is 0 Å². The minimum atomic E-state index is -2.09. The van der Waals surface area contributed by atoms with Gasteiger partial charge >= 0.3 is 0 Å². The molecule has 9 heavy (non-hydrogen) atoms. The summed E-state index contributed by atoms with van der Waals surface area (Å²) in [6.07, 6.45) is 0. The van der Waals surface area contributed by atoms with E-state index in [2.05, 4.69) is 6.58 Å². The van der Waals surface area contributed by atoms with Crippen LogP contribution in [0.5, 0.6) is 0 Å². The molecule has 0 atom stereocenters. The minimum Gasteiger partial charge on any atom is -0.505 e. The van der Waals surface area contributed by atoms with Gasteiger partial charge in [0.25, 0.3) is 3.79 Å². The summed E-state index contributed by atoms with van der Waals surface area (Å²) in [5.41, 5.74) is 0. The molecule has 0 fully saturated rings. The smallest absolute Gasteiger partial charge is 0.256 e. The minimum absolute atomic E-state index is 0.755. The molecule has 1 N–H and O–H groups in total. The van der Waals surface area contributed by atoms with Gasteiger partial charge in [0.05, 0.1) is 0 Å². The van der Waals surface area contributed by atoms with E-state index in [0.717, 1.165) is 0 Å². The zero-order chi connectivity index (χ0) is 7.65. The van der Waals surface area contributed by atoms with Gasteiger partial charge in [0, 0.05) is 0 Å². The van der Waals surface area contributed by atoms with Gasteiger partial charge < -0.3 is 5.11 Å². The second-order valence-electron chi connectivity index (χ2n) is 1.27. The molecule has 0 bridgehead atoms. The molecule has 0 spiro atoms. The lowest BCUT2D eigenvalue weighted by atomic mass is 10.4. The molecule has 0 aliphatic carbocycles. The third kappa shape index (κ3) is 2.94. The Hall–Kier alpha value is 0.0800. The number of aliphatic hydroxyl groups excluding tert-OH is 1. The molecule has 5 heteroatoms. The van der Waals surface area contributed by atoms with Crippen LogP contribution in [0.15, 0.2) is 12.3 Å². The first kappa shape index (κ1) is 9.08. The topological polar surface area (TPSA) is 37.3 Å². The second kappa shape index (κ2) is 2.78. The molecule has 0 aromatic carbocycles. The van der Waals surface area contributed by atoms with Crippen molar-refractivity contribution in [3.8, 4) is 0 Å². The van der Waals surface area contributed by atoms with Crippen LogP contribution in [0, 0.1) is 0 Å². The summed E-state index contributed by atoms with van der Waals surface area (Å²) < 4.78 is -2.09. The zero-order valence-electron chi connectivity index (χ0n) is 4.20. The van der Waals surface area contributed by atoms with Crippen molar-refractivity contribution in [2.75, 3.05) is 0 Å². The molecule has 0 aliphatic heterocycles. The van der Waals surface area contributed by atoms with Crippen molar-refractivity contribution >= 4 is 40.6 Å².